The van der Waals surface area contributed by atoms with E-state index in [4.69, 9.17) is 9.52 Å². The summed E-state index contributed by atoms with van der Waals surface area (Å²) in [6, 6.07) is 5.49. The Morgan fingerprint density at radius 2 is 2.22 bits per heavy atom. The summed E-state index contributed by atoms with van der Waals surface area (Å²) < 4.78 is 6.48. The third kappa shape index (κ3) is 2.45. The maximum Gasteiger partial charge on any atom is 0.419 e. The van der Waals surface area contributed by atoms with Crippen LogP contribution in [0.4, 0.5) is 0 Å². The number of fused-ring (bicyclic) bond motifs is 1. The number of carboxylic acids is 1. The fraction of sp³-hybridized carbons (Fsp3) is 0.385. The van der Waals surface area contributed by atoms with Crippen molar-refractivity contribution >= 4 is 17.1 Å². The first-order chi connectivity index (χ1) is 8.47. The van der Waals surface area contributed by atoms with Crippen molar-refractivity contribution in [3.05, 3.63) is 34.3 Å². The van der Waals surface area contributed by atoms with Crippen LogP contribution < -0.4 is 5.76 Å². The Morgan fingerprint density at radius 3 is 2.89 bits per heavy atom. The predicted molar refractivity (Wildman–Crippen MR) is 66.6 cm³/mol. The lowest BCUT2D eigenvalue weighted by Gasteiger charge is -2.08. The molecule has 2 aromatic rings. The minimum atomic E-state index is -0.792. The molecule has 1 aromatic carbocycles. The van der Waals surface area contributed by atoms with Crippen molar-refractivity contribution in [2.75, 3.05) is 0 Å². The van der Waals surface area contributed by atoms with E-state index in [2.05, 4.69) is 0 Å². The van der Waals surface area contributed by atoms with Crippen LogP contribution >= 0.6 is 0 Å². The molecule has 2 rings (SSSR count). The van der Waals surface area contributed by atoms with Crippen molar-refractivity contribution in [1.29, 1.82) is 0 Å². The molecule has 0 saturated heterocycles. The zero-order valence-electron chi connectivity index (χ0n) is 10.3. The minimum Gasteiger partial charge on any atom is -0.481 e. The van der Waals surface area contributed by atoms with E-state index < -0.39 is 5.97 Å². The summed E-state index contributed by atoms with van der Waals surface area (Å²) in [6.07, 6.45) is 0.809. The molecular weight excluding hydrogens is 234 g/mol. The third-order valence-corrected chi connectivity index (χ3v) is 2.96. The van der Waals surface area contributed by atoms with Gasteiger partial charge in [0.1, 0.15) is 0 Å². The second-order valence-corrected chi connectivity index (χ2v) is 4.64. The van der Waals surface area contributed by atoms with Crippen molar-refractivity contribution < 1.29 is 14.3 Å². The first kappa shape index (κ1) is 12.4. The summed E-state index contributed by atoms with van der Waals surface area (Å²) in [5, 5.41) is 8.72. The van der Waals surface area contributed by atoms with Gasteiger partial charge in [0.2, 0.25) is 0 Å². The molecule has 1 N–H and O–H groups in total. The molecule has 5 nitrogen and oxygen atoms in total. The van der Waals surface area contributed by atoms with Crippen molar-refractivity contribution in [3.8, 4) is 0 Å². The Kier molecular flexibility index (Phi) is 3.23. The molecule has 0 amide bonds. The van der Waals surface area contributed by atoms with Crippen LogP contribution in [0.25, 0.3) is 11.1 Å². The van der Waals surface area contributed by atoms with Crippen LogP contribution in [-0.4, -0.2) is 15.6 Å². The Balaban J connectivity index is 2.27. The number of aryl methyl sites for hydroxylation is 1. The van der Waals surface area contributed by atoms with Crippen molar-refractivity contribution in [1.82, 2.24) is 4.57 Å². The van der Waals surface area contributed by atoms with Crippen molar-refractivity contribution in [3.63, 3.8) is 0 Å². The third-order valence-electron chi connectivity index (χ3n) is 2.96. The zero-order valence-corrected chi connectivity index (χ0v) is 10.3. The molecule has 0 bridgehead atoms. The topological polar surface area (TPSA) is 72.4 Å². The number of aromatic nitrogens is 1. The largest absolute Gasteiger partial charge is 0.481 e. The average molecular weight is 249 g/mol. The highest BCUT2D eigenvalue weighted by molar-refractivity contribution is 5.73. The number of carbonyl (C=O) groups is 1. The molecule has 0 aliphatic heterocycles. The van der Waals surface area contributed by atoms with E-state index in [-0.39, 0.29) is 18.1 Å². The molecule has 18 heavy (non-hydrogen) atoms. The quantitative estimate of drug-likeness (QED) is 0.896. The Bertz CT molecular complexity index is 638. The standard InChI is InChI=1S/C13H15NO4/c1-8(6-12(15)16)5-9-3-4-11-10(7-9)14(2)13(17)18-11/h3-4,7-8H,5-6H2,1-2H3,(H,15,16). The molecule has 1 atom stereocenters. The van der Waals surface area contributed by atoms with Gasteiger partial charge in [0.05, 0.1) is 5.52 Å². The molecule has 96 valence electrons. The maximum absolute atomic E-state index is 11.3. The van der Waals surface area contributed by atoms with E-state index >= 15 is 0 Å². The summed E-state index contributed by atoms with van der Waals surface area (Å²) in [6.45, 7) is 1.90. The van der Waals surface area contributed by atoms with E-state index in [1.807, 2.05) is 19.1 Å². The number of benzene rings is 1. The van der Waals surface area contributed by atoms with Gasteiger partial charge in [-0.1, -0.05) is 13.0 Å². The Morgan fingerprint density at radius 1 is 1.50 bits per heavy atom. The Hall–Kier alpha value is -2.04. The number of rotatable bonds is 4. The second kappa shape index (κ2) is 4.68. The fourth-order valence-corrected chi connectivity index (χ4v) is 2.07. The maximum atomic E-state index is 11.3. The molecule has 1 aromatic heterocycles. The van der Waals surface area contributed by atoms with Gasteiger partial charge in [0, 0.05) is 13.5 Å². The van der Waals surface area contributed by atoms with Gasteiger partial charge in [-0.25, -0.2) is 4.79 Å². The van der Waals surface area contributed by atoms with E-state index in [1.165, 1.54) is 4.57 Å². The molecule has 5 heteroatoms. The number of hydrogen-bond acceptors (Lipinski definition) is 3. The lowest BCUT2D eigenvalue weighted by atomic mass is 9.98. The highest BCUT2D eigenvalue weighted by atomic mass is 16.4. The van der Waals surface area contributed by atoms with E-state index in [1.54, 1.807) is 13.1 Å². The van der Waals surface area contributed by atoms with Gasteiger partial charge in [-0.05, 0) is 30.0 Å². The monoisotopic (exact) mass is 249 g/mol. The first-order valence-electron chi connectivity index (χ1n) is 5.77. The van der Waals surface area contributed by atoms with Crippen LogP contribution in [0.3, 0.4) is 0 Å². The van der Waals surface area contributed by atoms with Crippen molar-refractivity contribution in [2.45, 2.75) is 19.8 Å². The van der Waals surface area contributed by atoms with Crippen LogP contribution in [0.2, 0.25) is 0 Å². The summed E-state index contributed by atoms with van der Waals surface area (Å²) in [5.41, 5.74) is 2.30. The number of carboxylic acid groups (broad SMARTS) is 1. The SMILES string of the molecule is CC(CC(=O)O)Cc1ccc2oc(=O)n(C)c2c1. The van der Waals surface area contributed by atoms with Gasteiger partial charge in [0.25, 0.3) is 0 Å². The van der Waals surface area contributed by atoms with Crippen molar-refractivity contribution in [2.24, 2.45) is 13.0 Å². The molecule has 1 heterocycles. The second-order valence-electron chi connectivity index (χ2n) is 4.64. The van der Waals surface area contributed by atoms with Crippen LogP contribution in [0.15, 0.2) is 27.4 Å². The van der Waals surface area contributed by atoms with Gasteiger partial charge in [-0.3, -0.25) is 9.36 Å². The molecule has 0 spiro atoms. The lowest BCUT2D eigenvalue weighted by Crippen LogP contribution is -2.09. The highest BCUT2D eigenvalue weighted by Gasteiger charge is 2.11. The predicted octanol–water partition coefficient (Wildman–Crippen LogP) is 1.78. The lowest BCUT2D eigenvalue weighted by molar-refractivity contribution is -0.137. The number of oxazole rings is 1. The van der Waals surface area contributed by atoms with E-state index in [0.717, 1.165) is 11.1 Å². The molecule has 0 radical (unpaired) electrons. The summed E-state index contributed by atoms with van der Waals surface area (Å²) in [5.74, 6) is -1.12. The first-order valence-corrected chi connectivity index (χ1v) is 5.77. The summed E-state index contributed by atoms with van der Waals surface area (Å²) in [7, 11) is 1.65. The Labute approximate surface area is 104 Å². The van der Waals surface area contributed by atoms with E-state index in [0.29, 0.717) is 12.0 Å². The van der Waals surface area contributed by atoms with Crippen LogP contribution in [0.1, 0.15) is 18.9 Å². The van der Waals surface area contributed by atoms with Gasteiger partial charge in [-0.2, -0.15) is 0 Å². The zero-order chi connectivity index (χ0) is 13.3. The number of hydrogen-bond donors (Lipinski definition) is 1. The van der Waals surface area contributed by atoms with Gasteiger partial charge < -0.3 is 9.52 Å². The normalized spacial score (nSPS) is 12.8. The molecule has 0 aliphatic rings. The number of nitrogens with zero attached hydrogens (tertiary/aromatic N) is 1. The molecular formula is C13H15NO4. The van der Waals surface area contributed by atoms with Gasteiger partial charge in [-0.15, -0.1) is 0 Å². The van der Waals surface area contributed by atoms with Crippen LogP contribution in [0.5, 0.6) is 0 Å². The molecule has 1 unspecified atom stereocenters. The highest BCUT2D eigenvalue weighted by Crippen LogP contribution is 2.18. The average Bonchev–Trinajstić information content (AvgIpc) is 2.54. The minimum absolute atomic E-state index is 0.0591. The van der Waals surface area contributed by atoms with Crippen LogP contribution in [-0.2, 0) is 18.3 Å². The van der Waals surface area contributed by atoms with E-state index in [9.17, 15) is 9.59 Å². The summed E-state index contributed by atoms with van der Waals surface area (Å²) >= 11 is 0. The van der Waals surface area contributed by atoms with Gasteiger partial charge in [0.15, 0.2) is 5.58 Å². The molecule has 0 fully saturated rings. The fourth-order valence-electron chi connectivity index (χ4n) is 2.07. The summed E-state index contributed by atoms with van der Waals surface area (Å²) in [4.78, 5) is 21.9. The smallest absolute Gasteiger partial charge is 0.419 e. The van der Waals surface area contributed by atoms with Crippen LogP contribution in [0, 0.1) is 5.92 Å². The molecule has 0 saturated carbocycles. The molecule has 0 aliphatic carbocycles. The number of aliphatic carboxylic acids is 1. The van der Waals surface area contributed by atoms with Gasteiger partial charge >= 0.3 is 11.7 Å².